The summed E-state index contributed by atoms with van der Waals surface area (Å²) in [6.45, 7) is 1.78. The van der Waals surface area contributed by atoms with Crippen molar-refractivity contribution < 1.29 is 24.0 Å². The highest BCUT2D eigenvalue weighted by molar-refractivity contribution is 5.97. The van der Waals surface area contributed by atoms with E-state index in [1.807, 2.05) is 12.1 Å². The van der Waals surface area contributed by atoms with E-state index >= 15 is 0 Å². The zero-order chi connectivity index (χ0) is 19.8. The highest BCUT2D eigenvalue weighted by Gasteiger charge is 2.20. The summed E-state index contributed by atoms with van der Waals surface area (Å²) in [5.74, 6) is -1.06. The molecule has 0 amide bonds. The van der Waals surface area contributed by atoms with E-state index in [0.29, 0.717) is 5.56 Å². The van der Waals surface area contributed by atoms with E-state index < -0.39 is 16.6 Å². The predicted octanol–water partition coefficient (Wildman–Crippen LogP) is 3.99. The Balaban J connectivity index is 2.07. The molecule has 0 atom stereocenters. The molecular formula is C20H21NO6. The standard InChI is InChI=1S/C20H21NO6/c1-3-4-5-14-6-8-15(9-7-14)18(22)13-27-19-11-10-16(20(23)26-2)12-17(19)21(24)25/h6-12H,3-5,13H2,1-2H3. The summed E-state index contributed by atoms with van der Waals surface area (Å²) in [5.41, 5.74) is 1.26. The average Bonchev–Trinajstić information content (AvgIpc) is 2.70. The minimum atomic E-state index is -0.691. The van der Waals surface area contributed by atoms with Gasteiger partial charge in [-0.2, -0.15) is 0 Å². The van der Waals surface area contributed by atoms with Gasteiger partial charge in [0, 0.05) is 11.6 Å². The summed E-state index contributed by atoms with van der Waals surface area (Å²) in [4.78, 5) is 34.3. The molecule has 0 saturated carbocycles. The van der Waals surface area contributed by atoms with Gasteiger partial charge in [0.1, 0.15) is 0 Å². The van der Waals surface area contributed by atoms with Crippen LogP contribution in [0, 0.1) is 10.1 Å². The van der Waals surface area contributed by atoms with Gasteiger partial charge in [-0.1, -0.05) is 37.6 Å². The topological polar surface area (TPSA) is 95.7 Å². The molecule has 0 fully saturated rings. The first kappa shape index (κ1) is 20.1. The highest BCUT2D eigenvalue weighted by atomic mass is 16.6. The van der Waals surface area contributed by atoms with Crippen LogP contribution in [0.25, 0.3) is 0 Å². The van der Waals surface area contributed by atoms with Crippen LogP contribution in [0.5, 0.6) is 5.75 Å². The molecule has 7 heteroatoms. The molecule has 0 bridgehead atoms. The molecule has 0 heterocycles. The normalized spacial score (nSPS) is 10.3. The fraction of sp³-hybridized carbons (Fsp3) is 0.300. The molecule has 0 aromatic heterocycles. The lowest BCUT2D eigenvalue weighted by molar-refractivity contribution is -0.385. The molecule has 0 unspecified atom stereocenters. The quantitative estimate of drug-likeness (QED) is 0.286. The number of rotatable bonds is 9. The smallest absolute Gasteiger partial charge is 0.338 e. The van der Waals surface area contributed by atoms with Crippen molar-refractivity contribution in [1.29, 1.82) is 0 Å². The Kier molecular flexibility index (Phi) is 7.05. The molecule has 27 heavy (non-hydrogen) atoms. The van der Waals surface area contributed by atoms with Gasteiger partial charge in [0.15, 0.2) is 18.1 Å². The number of hydrogen-bond acceptors (Lipinski definition) is 6. The Morgan fingerprint density at radius 2 is 1.74 bits per heavy atom. The molecule has 0 aliphatic carbocycles. The van der Waals surface area contributed by atoms with Crippen LogP contribution in [0.2, 0.25) is 0 Å². The fourth-order valence-electron chi connectivity index (χ4n) is 2.49. The summed E-state index contributed by atoms with van der Waals surface area (Å²) >= 11 is 0. The summed E-state index contributed by atoms with van der Waals surface area (Å²) in [7, 11) is 1.19. The number of nitro groups is 1. The lowest BCUT2D eigenvalue weighted by atomic mass is 10.0. The predicted molar refractivity (Wildman–Crippen MR) is 99.3 cm³/mol. The molecule has 0 saturated heterocycles. The minimum absolute atomic E-state index is 0.0329. The van der Waals surface area contributed by atoms with Gasteiger partial charge in [-0.05, 0) is 30.5 Å². The number of Topliss-reactive ketones (excluding diaryl/α,β-unsaturated/α-hetero) is 1. The average molecular weight is 371 g/mol. The number of nitrogens with zero attached hydrogens (tertiary/aromatic N) is 1. The molecule has 2 rings (SSSR count). The molecule has 0 aliphatic heterocycles. The van der Waals surface area contributed by atoms with Crippen LogP contribution >= 0.6 is 0 Å². The maximum absolute atomic E-state index is 12.3. The van der Waals surface area contributed by atoms with Crippen LogP contribution in [0.4, 0.5) is 5.69 Å². The number of nitro benzene ring substituents is 1. The van der Waals surface area contributed by atoms with Crippen molar-refractivity contribution >= 4 is 17.4 Å². The number of carbonyl (C=O) groups is 2. The zero-order valence-electron chi connectivity index (χ0n) is 15.3. The number of carbonyl (C=O) groups excluding carboxylic acids is 2. The first-order valence-electron chi connectivity index (χ1n) is 8.58. The highest BCUT2D eigenvalue weighted by Crippen LogP contribution is 2.28. The van der Waals surface area contributed by atoms with Crippen LogP contribution in [0.1, 0.15) is 46.0 Å². The van der Waals surface area contributed by atoms with E-state index in [1.54, 1.807) is 12.1 Å². The molecular weight excluding hydrogens is 350 g/mol. The third-order valence-corrected chi connectivity index (χ3v) is 4.03. The molecule has 2 aromatic carbocycles. The summed E-state index contributed by atoms with van der Waals surface area (Å²) < 4.78 is 9.88. The minimum Gasteiger partial charge on any atom is -0.478 e. The van der Waals surface area contributed by atoms with E-state index in [1.165, 1.54) is 19.2 Å². The second kappa shape index (κ2) is 9.47. The Bertz CT molecular complexity index is 829. The summed E-state index contributed by atoms with van der Waals surface area (Å²) in [5, 5.41) is 11.2. The van der Waals surface area contributed by atoms with Crippen LogP contribution in [-0.4, -0.2) is 30.4 Å². The van der Waals surface area contributed by atoms with Crippen LogP contribution in [0.15, 0.2) is 42.5 Å². The number of hydrogen-bond donors (Lipinski definition) is 0. The number of ether oxygens (including phenoxy) is 2. The number of unbranched alkanes of at least 4 members (excludes halogenated alkanes) is 1. The number of ketones is 1. The maximum atomic E-state index is 12.3. The Morgan fingerprint density at radius 3 is 2.33 bits per heavy atom. The lowest BCUT2D eigenvalue weighted by Gasteiger charge is -2.08. The van der Waals surface area contributed by atoms with E-state index in [4.69, 9.17) is 4.74 Å². The van der Waals surface area contributed by atoms with E-state index in [2.05, 4.69) is 11.7 Å². The van der Waals surface area contributed by atoms with Crippen molar-refractivity contribution in [2.45, 2.75) is 26.2 Å². The molecule has 7 nitrogen and oxygen atoms in total. The molecule has 142 valence electrons. The van der Waals surface area contributed by atoms with Crippen molar-refractivity contribution in [2.75, 3.05) is 13.7 Å². The number of aryl methyl sites for hydroxylation is 1. The van der Waals surface area contributed by atoms with Crippen molar-refractivity contribution in [3.8, 4) is 5.75 Å². The molecule has 0 aliphatic rings. The van der Waals surface area contributed by atoms with Gasteiger partial charge in [-0.15, -0.1) is 0 Å². The van der Waals surface area contributed by atoms with Crippen molar-refractivity contribution in [1.82, 2.24) is 0 Å². The third-order valence-electron chi connectivity index (χ3n) is 4.03. The van der Waals surface area contributed by atoms with E-state index in [-0.39, 0.29) is 23.7 Å². The zero-order valence-corrected chi connectivity index (χ0v) is 15.3. The first-order valence-corrected chi connectivity index (χ1v) is 8.58. The second-order valence-corrected chi connectivity index (χ2v) is 5.94. The van der Waals surface area contributed by atoms with Gasteiger partial charge in [-0.25, -0.2) is 4.79 Å². The van der Waals surface area contributed by atoms with Gasteiger partial charge < -0.3 is 9.47 Å². The molecule has 0 spiro atoms. The largest absolute Gasteiger partial charge is 0.478 e. The fourth-order valence-corrected chi connectivity index (χ4v) is 2.49. The van der Waals surface area contributed by atoms with Crippen LogP contribution in [-0.2, 0) is 11.2 Å². The molecule has 2 aromatic rings. The lowest BCUT2D eigenvalue weighted by Crippen LogP contribution is -2.13. The number of methoxy groups -OCH3 is 1. The summed E-state index contributed by atoms with van der Waals surface area (Å²) in [6, 6.07) is 10.9. The van der Waals surface area contributed by atoms with Crippen molar-refractivity contribution in [3.63, 3.8) is 0 Å². The van der Waals surface area contributed by atoms with E-state index in [0.717, 1.165) is 30.9 Å². The Hall–Kier alpha value is -3.22. The maximum Gasteiger partial charge on any atom is 0.338 e. The van der Waals surface area contributed by atoms with Crippen LogP contribution < -0.4 is 4.74 Å². The van der Waals surface area contributed by atoms with E-state index in [9.17, 15) is 19.7 Å². The van der Waals surface area contributed by atoms with Crippen molar-refractivity contribution in [3.05, 3.63) is 69.3 Å². The van der Waals surface area contributed by atoms with Gasteiger partial charge >= 0.3 is 11.7 Å². The van der Waals surface area contributed by atoms with Crippen molar-refractivity contribution in [2.24, 2.45) is 0 Å². The van der Waals surface area contributed by atoms with Gasteiger partial charge in [-0.3, -0.25) is 14.9 Å². The third kappa shape index (κ3) is 5.37. The van der Waals surface area contributed by atoms with Gasteiger partial charge in [0.2, 0.25) is 0 Å². The molecule has 0 radical (unpaired) electrons. The first-order chi connectivity index (χ1) is 13.0. The monoisotopic (exact) mass is 371 g/mol. The Labute approximate surface area is 157 Å². The second-order valence-electron chi connectivity index (χ2n) is 5.94. The molecule has 0 N–H and O–H groups in total. The Morgan fingerprint density at radius 1 is 1.07 bits per heavy atom. The van der Waals surface area contributed by atoms with Gasteiger partial charge in [0.05, 0.1) is 17.6 Å². The summed E-state index contributed by atoms with van der Waals surface area (Å²) in [6.07, 6.45) is 3.14. The van der Waals surface area contributed by atoms with Crippen LogP contribution in [0.3, 0.4) is 0 Å². The number of benzene rings is 2. The SMILES string of the molecule is CCCCc1ccc(C(=O)COc2ccc(C(=O)OC)cc2[N+](=O)[O-])cc1. The number of esters is 1. The van der Waals surface area contributed by atoms with Gasteiger partial charge in [0.25, 0.3) is 0 Å².